The van der Waals surface area contributed by atoms with Crippen molar-refractivity contribution < 1.29 is 18.0 Å². The van der Waals surface area contributed by atoms with Crippen LogP contribution in [0.5, 0.6) is 0 Å². The lowest BCUT2D eigenvalue weighted by atomic mass is 9.91. The van der Waals surface area contributed by atoms with Crippen LogP contribution in [0.3, 0.4) is 0 Å². The van der Waals surface area contributed by atoms with Crippen LogP contribution in [0.25, 0.3) is 22.0 Å². The molecule has 0 aliphatic rings. The fraction of sp³-hybridized carbons (Fsp3) is 0.0667. The van der Waals surface area contributed by atoms with Gasteiger partial charge in [0.15, 0.2) is 5.78 Å². The first-order valence-corrected chi connectivity index (χ1v) is 11.6. The molecule has 0 aliphatic heterocycles. The second-order valence-corrected chi connectivity index (χ2v) is 8.49. The maximum Gasteiger partial charge on any atom is 0.418 e. The molecule has 2 N–H and O–H groups in total. The Morgan fingerprint density at radius 3 is 2.24 bits per heavy atom. The first kappa shape index (κ1) is 24.2. The van der Waals surface area contributed by atoms with E-state index in [9.17, 15) is 18.0 Å². The number of fused-ring (bicyclic) bond motifs is 1. The van der Waals surface area contributed by atoms with E-state index >= 15 is 0 Å². The molecule has 0 bridgehead atoms. The summed E-state index contributed by atoms with van der Waals surface area (Å²) in [4.78, 5) is 17.6. The summed E-state index contributed by atoms with van der Waals surface area (Å²) in [5.41, 5.74) is 8.68. The van der Waals surface area contributed by atoms with Gasteiger partial charge in [-0.3, -0.25) is 9.78 Å². The van der Waals surface area contributed by atoms with Crippen LogP contribution in [-0.2, 0) is 12.7 Å². The van der Waals surface area contributed by atoms with Gasteiger partial charge in [0.25, 0.3) is 0 Å². The summed E-state index contributed by atoms with van der Waals surface area (Å²) in [6.45, 7) is 0.565. The SMILES string of the molecule is O=C(c1ccccc1)c1cnc2c(C(F)(F)F)cccc2c1-c1cccc(NNCc2ccccc2)c1. The number of aromatic nitrogens is 1. The smallest absolute Gasteiger partial charge is 0.321 e. The number of nitrogens with zero attached hydrogens (tertiary/aromatic N) is 1. The maximum atomic E-state index is 13.8. The van der Waals surface area contributed by atoms with E-state index in [1.54, 1.807) is 54.6 Å². The fourth-order valence-corrected chi connectivity index (χ4v) is 4.28. The zero-order valence-corrected chi connectivity index (χ0v) is 19.6. The summed E-state index contributed by atoms with van der Waals surface area (Å²) in [7, 11) is 0. The van der Waals surface area contributed by atoms with E-state index in [-0.39, 0.29) is 22.2 Å². The van der Waals surface area contributed by atoms with Gasteiger partial charge in [-0.15, -0.1) is 0 Å². The highest BCUT2D eigenvalue weighted by molar-refractivity contribution is 6.16. The van der Waals surface area contributed by atoms with Crippen LogP contribution >= 0.6 is 0 Å². The second-order valence-electron chi connectivity index (χ2n) is 8.49. The van der Waals surface area contributed by atoms with Crippen LogP contribution < -0.4 is 10.9 Å². The van der Waals surface area contributed by atoms with Gasteiger partial charge in [0.1, 0.15) is 0 Å². The number of nitrogens with one attached hydrogen (secondary N) is 2. The Bertz CT molecular complexity index is 1550. The van der Waals surface area contributed by atoms with Crippen molar-refractivity contribution >= 4 is 22.4 Å². The number of alkyl halides is 3. The summed E-state index contributed by atoms with van der Waals surface area (Å²) in [6, 6.07) is 29.6. The van der Waals surface area contributed by atoms with Gasteiger partial charge < -0.3 is 5.43 Å². The standard InChI is InChI=1S/C30H22F3N3O/c31-30(32,33)26-16-8-15-24-27(25(19-34-28(24)26)29(37)21-11-5-2-6-12-21)22-13-7-14-23(17-22)36-35-18-20-9-3-1-4-10-20/h1-17,19,35-36H,18H2. The number of hydrogen-bond donors (Lipinski definition) is 2. The van der Waals surface area contributed by atoms with Crippen molar-refractivity contribution in [2.75, 3.05) is 5.43 Å². The summed E-state index contributed by atoms with van der Waals surface area (Å²) < 4.78 is 41.4. The number of pyridine rings is 1. The van der Waals surface area contributed by atoms with Crippen molar-refractivity contribution in [1.82, 2.24) is 10.4 Å². The molecule has 0 atom stereocenters. The number of hydrogen-bond acceptors (Lipinski definition) is 4. The number of hydrazine groups is 1. The quantitative estimate of drug-likeness (QED) is 0.183. The van der Waals surface area contributed by atoms with Crippen molar-refractivity contribution in [2.24, 2.45) is 0 Å². The highest BCUT2D eigenvalue weighted by atomic mass is 19.4. The van der Waals surface area contributed by atoms with E-state index < -0.39 is 11.7 Å². The van der Waals surface area contributed by atoms with Gasteiger partial charge >= 0.3 is 6.18 Å². The molecule has 1 aromatic heterocycles. The lowest BCUT2D eigenvalue weighted by Crippen LogP contribution is -2.20. The molecular formula is C30H22F3N3O. The third kappa shape index (κ3) is 5.22. The van der Waals surface area contributed by atoms with Crippen molar-refractivity contribution in [3.05, 3.63) is 132 Å². The maximum absolute atomic E-state index is 13.8. The molecule has 184 valence electrons. The zero-order valence-electron chi connectivity index (χ0n) is 19.6. The van der Waals surface area contributed by atoms with E-state index in [1.807, 2.05) is 36.4 Å². The Hall–Kier alpha value is -4.49. The molecule has 0 unspecified atom stereocenters. The summed E-state index contributed by atoms with van der Waals surface area (Å²) in [5, 5.41) is 0.256. The summed E-state index contributed by atoms with van der Waals surface area (Å²) >= 11 is 0. The second kappa shape index (κ2) is 10.2. The lowest BCUT2D eigenvalue weighted by molar-refractivity contribution is -0.136. The van der Waals surface area contributed by atoms with Crippen LogP contribution in [0, 0.1) is 0 Å². The predicted molar refractivity (Wildman–Crippen MR) is 139 cm³/mol. The Kier molecular flexibility index (Phi) is 6.70. The normalized spacial score (nSPS) is 11.4. The van der Waals surface area contributed by atoms with Crippen molar-refractivity contribution in [1.29, 1.82) is 0 Å². The third-order valence-electron chi connectivity index (χ3n) is 6.00. The first-order valence-electron chi connectivity index (χ1n) is 11.6. The van der Waals surface area contributed by atoms with Crippen LogP contribution in [0.1, 0.15) is 27.0 Å². The average molecular weight is 498 g/mol. The van der Waals surface area contributed by atoms with Crippen molar-refractivity contribution in [3.8, 4) is 11.1 Å². The lowest BCUT2D eigenvalue weighted by Gasteiger charge is -2.17. The first-order chi connectivity index (χ1) is 17.9. The largest absolute Gasteiger partial charge is 0.418 e. The zero-order chi connectivity index (χ0) is 25.8. The van der Waals surface area contributed by atoms with Gasteiger partial charge in [-0.05, 0) is 29.3 Å². The molecule has 37 heavy (non-hydrogen) atoms. The molecule has 0 radical (unpaired) electrons. The van der Waals surface area contributed by atoms with Gasteiger partial charge in [-0.1, -0.05) is 84.9 Å². The molecule has 7 heteroatoms. The Labute approximate surface area is 211 Å². The molecule has 0 amide bonds. The van der Waals surface area contributed by atoms with Crippen LogP contribution in [0.2, 0.25) is 0 Å². The highest BCUT2D eigenvalue weighted by Gasteiger charge is 2.34. The molecule has 5 aromatic rings. The number of ketones is 1. The minimum atomic E-state index is -4.58. The molecular weight excluding hydrogens is 475 g/mol. The molecule has 0 aliphatic carbocycles. The van der Waals surface area contributed by atoms with E-state index in [0.29, 0.717) is 28.9 Å². The number of benzene rings is 4. The minimum absolute atomic E-state index is 0.199. The number of anilines is 1. The van der Waals surface area contributed by atoms with E-state index in [1.165, 1.54) is 12.3 Å². The highest BCUT2D eigenvalue weighted by Crippen LogP contribution is 2.39. The fourth-order valence-electron chi connectivity index (χ4n) is 4.28. The van der Waals surface area contributed by atoms with Crippen molar-refractivity contribution in [3.63, 3.8) is 0 Å². The number of para-hydroxylation sites is 1. The van der Waals surface area contributed by atoms with Crippen molar-refractivity contribution in [2.45, 2.75) is 12.7 Å². The molecule has 0 spiro atoms. The molecule has 0 saturated carbocycles. The predicted octanol–water partition coefficient (Wildman–Crippen LogP) is 7.27. The Morgan fingerprint density at radius 1 is 0.811 bits per heavy atom. The molecule has 0 fully saturated rings. The Balaban J connectivity index is 1.60. The van der Waals surface area contributed by atoms with Crippen LogP contribution in [-0.4, -0.2) is 10.8 Å². The van der Waals surface area contributed by atoms with Gasteiger partial charge in [-0.2, -0.15) is 13.2 Å². The van der Waals surface area contributed by atoms with Gasteiger partial charge in [0.2, 0.25) is 0 Å². The monoisotopic (exact) mass is 497 g/mol. The summed E-state index contributed by atoms with van der Waals surface area (Å²) in [5.74, 6) is -0.317. The number of halogens is 3. The van der Waals surface area contributed by atoms with Gasteiger partial charge in [-0.25, -0.2) is 5.43 Å². The molecule has 4 aromatic carbocycles. The summed E-state index contributed by atoms with van der Waals surface area (Å²) in [6.07, 6.45) is -3.34. The number of carbonyl (C=O) groups excluding carboxylic acids is 1. The van der Waals surface area contributed by atoms with E-state index in [0.717, 1.165) is 11.6 Å². The number of carbonyl (C=O) groups is 1. The Morgan fingerprint density at radius 2 is 1.51 bits per heavy atom. The van der Waals surface area contributed by atoms with E-state index in [2.05, 4.69) is 15.8 Å². The average Bonchev–Trinajstić information content (AvgIpc) is 2.92. The minimum Gasteiger partial charge on any atom is -0.321 e. The van der Waals surface area contributed by atoms with Crippen LogP contribution in [0.4, 0.5) is 18.9 Å². The topological polar surface area (TPSA) is 54.0 Å². The third-order valence-corrected chi connectivity index (χ3v) is 6.00. The molecule has 5 rings (SSSR count). The van der Waals surface area contributed by atoms with Gasteiger partial charge in [0.05, 0.1) is 11.1 Å². The molecule has 0 saturated heterocycles. The van der Waals surface area contributed by atoms with Gasteiger partial charge in [0, 0.05) is 40.5 Å². The molecule has 4 nitrogen and oxygen atoms in total. The number of rotatable bonds is 7. The van der Waals surface area contributed by atoms with E-state index in [4.69, 9.17) is 0 Å². The van der Waals surface area contributed by atoms with Crippen LogP contribution in [0.15, 0.2) is 109 Å². The molecule has 1 heterocycles.